The first-order valence-corrected chi connectivity index (χ1v) is 10.2. The van der Waals surface area contributed by atoms with Gasteiger partial charge in [-0.3, -0.25) is 19.0 Å². The predicted molar refractivity (Wildman–Crippen MR) is 125 cm³/mol. The molecule has 0 radical (unpaired) electrons. The number of amides is 2. The van der Waals surface area contributed by atoms with Crippen LogP contribution >= 0.6 is 0 Å². The number of fused-ring (bicyclic) bond motifs is 2. The fourth-order valence-electron chi connectivity index (χ4n) is 3.74. The number of para-hydroxylation sites is 1. The zero-order valence-electron chi connectivity index (χ0n) is 17.5. The molecule has 34 heavy (non-hydrogen) atoms. The fourth-order valence-corrected chi connectivity index (χ4v) is 3.74. The molecule has 2 amide bonds. The van der Waals surface area contributed by atoms with Crippen LogP contribution in [0.3, 0.4) is 0 Å². The zero-order chi connectivity index (χ0) is 23.8. The van der Waals surface area contributed by atoms with Crippen molar-refractivity contribution in [2.24, 2.45) is 10.2 Å². The Morgan fingerprint density at radius 1 is 0.735 bits per heavy atom. The topological polar surface area (TPSA) is 137 Å². The van der Waals surface area contributed by atoms with Crippen LogP contribution in [0.15, 0.2) is 94.0 Å². The van der Waals surface area contributed by atoms with E-state index in [2.05, 4.69) is 15.2 Å². The first kappa shape index (κ1) is 20.8. The highest BCUT2D eigenvalue weighted by Crippen LogP contribution is 2.38. The van der Waals surface area contributed by atoms with Gasteiger partial charge in [0, 0.05) is 33.4 Å². The third-order valence-electron chi connectivity index (χ3n) is 5.46. The standard InChI is InChI=1S/C25H16N4O5/c30-21-18-7-3-4-8-20(18)26-13-19(21)23(32)28-27-22(31)14-9-11-15(12-10-14)29-24(33)16-5-1-2-6-17(16)25(29)34/h1-13,33-34H,(H,26,30). The molecule has 166 valence electrons. The highest BCUT2D eigenvalue weighted by Gasteiger charge is 2.17. The molecule has 5 rings (SSSR count). The molecular formula is C25H16N4O5. The second-order valence-corrected chi connectivity index (χ2v) is 7.46. The van der Waals surface area contributed by atoms with Crippen molar-refractivity contribution in [2.45, 2.75) is 0 Å². The summed E-state index contributed by atoms with van der Waals surface area (Å²) in [6.07, 6.45) is 1.24. The van der Waals surface area contributed by atoms with Gasteiger partial charge in [-0.25, -0.2) is 0 Å². The number of nitrogens with zero attached hydrogens (tertiary/aromatic N) is 3. The molecule has 3 N–H and O–H groups in total. The molecule has 0 saturated heterocycles. The molecule has 0 bridgehead atoms. The number of carbonyl (C=O) groups excluding carboxylic acids is 2. The summed E-state index contributed by atoms with van der Waals surface area (Å²) in [5.74, 6) is -2.01. The number of aromatic amines is 1. The van der Waals surface area contributed by atoms with E-state index in [1.165, 1.54) is 35.0 Å². The number of aromatic hydroxyl groups is 2. The lowest BCUT2D eigenvalue weighted by Crippen LogP contribution is -2.14. The maximum absolute atomic E-state index is 12.5. The van der Waals surface area contributed by atoms with Crippen LogP contribution in [0.25, 0.3) is 27.4 Å². The van der Waals surface area contributed by atoms with Crippen LogP contribution in [0.1, 0.15) is 20.7 Å². The van der Waals surface area contributed by atoms with Crippen LogP contribution in [0.4, 0.5) is 0 Å². The van der Waals surface area contributed by atoms with Gasteiger partial charge >= 0.3 is 5.91 Å². The first-order valence-electron chi connectivity index (χ1n) is 10.2. The number of rotatable bonds is 3. The van der Waals surface area contributed by atoms with Crippen molar-refractivity contribution in [3.8, 4) is 17.4 Å². The Balaban J connectivity index is 1.39. The van der Waals surface area contributed by atoms with Gasteiger partial charge in [-0.05, 0) is 48.5 Å². The summed E-state index contributed by atoms with van der Waals surface area (Å²) >= 11 is 0. The van der Waals surface area contributed by atoms with Gasteiger partial charge in [-0.2, -0.15) is 0 Å². The van der Waals surface area contributed by atoms with E-state index in [9.17, 15) is 24.6 Å². The van der Waals surface area contributed by atoms with Crippen molar-refractivity contribution in [1.82, 2.24) is 9.55 Å². The van der Waals surface area contributed by atoms with Gasteiger partial charge in [-0.1, -0.05) is 24.3 Å². The highest BCUT2D eigenvalue weighted by molar-refractivity contribution is 6.00. The van der Waals surface area contributed by atoms with E-state index in [4.69, 9.17) is 0 Å². The maximum Gasteiger partial charge on any atom is 0.300 e. The number of hydrogen-bond acceptors (Lipinski definition) is 5. The van der Waals surface area contributed by atoms with Crippen molar-refractivity contribution in [3.05, 3.63) is 100 Å². The lowest BCUT2D eigenvalue weighted by atomic mass is 10.1. The summed E-state index contributed by atoms with van der Waals surface area (Å²) in [6.45, 7) is 0. The molecule has 0 aliphatic heterocycles. The Morgan fingerprint density at radius 3 is 1.94 bits per heavy atom. The Hall–Kier alpha value is -5.05. The summed E-state index contributed by atoms with van der Waals surface area (Å²) in [6, 6.07) is 19.4. The van der Waals surface area contributed by atoms with Crippen LogP contribution in [0.5, 0.6) is 11.8 Å². The molecule has 3 aromatic carbocycles. The first-order chi connectivity index (χ1) is 16.5. The number of H-pyrrole nitrogens is 1. The smallest absolute Gasteiger partial charge is 0.300 e. The average molecular weight is 452 g/mol. The van der Waals surface area contributed by atoms with E-state index < -0.39 is 17.2 Å². The quantitative estimate of drug-likeness (QED) is 0.350. The third kappa shape index (κ3) is 3.41. The normalized spacial score (nSPS) is 11.4. The molecular weight excluding hydrogens is 436 g/mol. The van der Waals surface area contributed by atoms with Crippen LogP contribution in [-0.4, -0.2) is 31.6 Å². The number of carbonyl (C=O) groups is 2. The van der Waals surface area contributed by atoms with Crippen LogP contribution < -0.4 is 5.43 Å². The van der Waals surface area contributed by atoms with E-state index in [1.54, 1.807) is 48.5 Å². The minimum absolute atomic E-state index is 0.128. The summed E-state index contributed by atoms with van der Waals surface area (Å²) in [7, 11) is 0. The molecule has 2 heterocycles. The number of benzene rings is 3. The predicted octanol–water partition coefficient (Wildman–Crippen LogP) is 4.32. The lowest BCUT2D eigenvalue weighted by molar-refractivity contribution is 0.0946. The van der Waals surface area contributed by atoms with E-state index in [0.29, 0.717) is 27.4 Å². The molecule has 0 spiro atoms. The summed E-state index contributed by atoms with van der Waals surface area (Å²) < 4.78 is 1.25. The van der Waals surface area contributed by atoms with E-state index in [-0.39, 0.29) is 22.9 Å². The number of azo groups is 1. The lowest BCUT2D eigenvalue weighted by Gasteiger charge is -2.07. The molecule has 0 aliphatic carbocycles. The van der Waals surface area contributed by atoms with E-state index in [1.807, 2.05) is 0 Å². The number of pyridine rings is 1. The Morgan fingerprint density at radius 2 is 1.29 bits per heavy atom. The van der Waals surface area contributed by atoms with Gasteiger partial charge in [0.2, 0.25) is 17.2 Å². The molecule has 0 atom stereocenters. The average Bonchev–Trinajstić information content (AvgIpc) is 3.13. The minimum atomic E-state index is -0.939. The Labute approximate surface area is 191 Å². The van der Waals surface area contributed by atoms with Gasteiger partial charge in [-0.15, -0.1) is 10.2 Å². The van der Waals surface area contributed by atoms with Crippen LogP contribution in [-0.2, 0) is 0 Å². The van der Waals surface area contributed by atoms with Crippen LogP contribution in [0, 0.1) is 0 Å². The molecule has 0 unspecified atom stereocenters. The largest absolute Gasteiger partial charge is 0.494 e. The van der Waals surface area contributed by atoms with Crippen LogP contribution in [0.2, 0.25) is 0 Å². The fraction of sp³-hybridized carbons (Fsp3) is 0. The molecule has 2 aromatic heterocycles. The van der Waals surface area contributed by atoms with E-state index >= 15 is 0 Å². The minimum Gasteiger partial charge on any atom is -0.494 e. The SMILES string of the molecule is O=C(N=NC(=O)c1c[nH]c2ccccc2c1=O)c1ccc(-n2c(O)c3ccccc3c2O)cc1. The Bertz CT molecular complexity index is 1640. The Kier molecular flexibility index (Phi) is 4.98. The molecule has 9 nitrogen and oxygen atoms in total. The molecule has 0 aliphatic rings. The second kappa shape index (κ2) is 8.14. The number of hydrogen-bond donors (Lipinski definition) is 3. The van der Waals surface area contributed by atoms with Gasteiger partial charge in [0.1, 0.15) is 5.56 Å². The van der Waals surface area contributed by atoms with Crippen molar-refractivity contribution in [2.75, 3.05) is 0 Å². The van der Waals surface area contributed by atoms with Crippen molar-refractivity contribution < 1.29 is 19.8 Å². The van der Waals surface area contributed by atoms with Crippen molar-refractivity contribution in [1.29, 1.82) is 0 Å². The van der Waals surface area contributed by atoms with Crippen molar-refractivity contribution in [3.63, 3.8) is 0 Å². The third-order valence-corrected chi connectivity index (χ3v) is 5.46. The van der Waals surface area contributed by atoms with E-state index in [0.717, 1.165) is 0 Å². The molecule has 0 saturated carbocycles. The molecule has 0 fully saturated rings. The van der Waals surface area contributed by atoms with Gasteiger partial charge < -0.3 is 15.2 Å². The zero-order valence-corrected chi connectivity index (χ0v) is 17.5. The summed E-state index contributed by atoms with van der Waals surface area (Å²) in [5, 5.41) is 29.1. The summed E-state index contributed by atoms with van der Waals surface area (Å²) in [5.41, 5.74) is 0.386. The monoisotopic (exact) mass is 452 g/mol. The number of aromatic nitrogens is 2. The molecule has 9 heteroatoms. The highest BCUT2D eigenvalue weighted by atomic mass is 16.3. The maximum atomic E-state index is 12.5. The number of nitrogens with one attached hydrogen (secondary N) is 1. The molecule has 5 aromatic rings. The van der Waals surface area contributed by atoms with Gasteiger partial charge in [0.25, 0.3) is 5.91 Å². The van der Waals surface area contributed by atoms with Gasteiger partial charge in [0.05, 0.1) is 5.69 Å². The van der Waals surface area contributed by atoms with Gasteiger partial charge in [0.15, 0.2) is 0 Å². The second-order valence-electron chi connectivity index (χ2n) is 7.46. The van der Waals surface area contributed by atoms with Crippen molar-refractivity contribution >= 4 is 33.5 Å². The summed E-state index contributed by atoms with van der Waals surface area (Å²) in [4.78, 5) is 40.1.